The van der Waals surface area contributed by atoms with Crippen molar-refractivity contribution in [1.82, 2.24) is 14.4 Å². The summed E-state index contributed by atoms with van der Waals surface area (Å²) < 4.78 is 49.2. The second-order valence-electron chi connectivity index (χ2n) is 7.39. The lowest BCUT2D eigenvalue weighted by atomic mass is 10.00. The molecule has 3 aromatic rings. The first-order valence-electron chi connectivity index (χ1n) is 10.2. The van der Waals surface area contributed by atoms with E-state index >= 15 is 0 Å². The number of methoxy groups -OCH3 is 3. The fourth-order valence-electron chi connectivity index (χ4n) is 3.83. The minimum Gasteiger partial charge on any atom is -0.493 e. The summed E-state index contributed by atoms with van der Waals surface area (Å²) in [7, 11) is 1.02. The van der Waals surface area contributed by atoms with Crippen molar-refractivity contribution >= 4 is 10.0 Å². The Bertz CT molecular complexity index is 1150. The molecular formula is C22H25N3O6S. The van der Waals surface area contributed by atoms with E-state index in [1.165, 1.54) is 25.6 Å². The Morgan fingerprint density at radius 2 is 1.72 bits per heavy atom. The van der Waals surface area contributed by atoms with Crippen LogP contribution < -0.4 is 14.2 Å². The van der Waals surface area contributed by atoms with E-state index in [1.807, 2.05) is 0 Å². The van der Waals surface area contributed by atoms with Crippen molar-refractivity contribution in [3.63, 3.8) is 0 Å². The first-order valence-corrected chi connectivity index (χ1v) is 11.6. The highest BCUT2D eigenvalue weighted by Gasteiger charge is 2.33. The molecule has 0 bridgehead atoms. The Labute approximate surface area is 187 Å². The van der Waals surface area contributed by atoms with Crippen LogP contribution in [0.25, 0.3) is 11.4 Å². The third-order valence-electron chi connectivity index (χ3n) is 5.48. The van der Waals surface area contributed by atoms with E-state index in [0.29, 0.717) is 47.5 Å². The van der Waals surface area contributed by atoms with E-state index in [0.717, 1.165) is 6.42 Å². The van der Waals surface area contributed by atoms with Crippen LogP contribution in [-0.2, 0) is 10.0 Å². The minimum absolute atomic E-state index is 0.189. The Morgan fingerprint density at radius 1 is 1.03 bits per heavy atom. The normalized spacial score (nSPS) is 17.2. The fraction of sp³-hybridized carbons (Fsp3) is 0.364. The van der Waals surface area contributed by atoms with Gasteiger partial charge in [-0.2, -0.15) is 9.29 Å². The number of piperidine rings is 1. The van der Waals surface area contributed by atoms with E-state index in [2.05, 4.69) is 10.1 Å². The maximum Gasteiger partial charge on any atom is 0.243 e. The van der Waals surface area contributed by atoms with Crippen LogP contribution in [0.3, 0.4) is 0 Å². The summed E-state index contributed by atoms with van der Waals surface area (Å²) in [5.41, 5.74) is 0.638. The van der Waals surface area contributed by atoms with Gasteiger partial charge in [0.05, 0.1) is 32.1 Å². The van der Waals surface area contributed by atoms with Gasteiger partial charge < -0.3 is 18.7 Å². The van der Waals surface area contributed by atoms with Crippen molar-refractivity contribution < 1.29 is 27.2 Å². The first kappa shape index (κ1) is 22.1. The molecule has 0 radical (unpaired) electrons. The third-order valence-corrected chi connectivity index (χ3v) is 7.36. The predicted molar refractivity (Wildman–Crippen MR) is 117 cm³/mol. The lowest BCUT2D eigenvalue weighted by Gasteiger charge is -2.30. The third kappa shape index (κ3) is 4.15. The quantitative estimate of drug-likeness (QED) is 0.530. The zero-order valence-electron chi connectivity index (χ0n) is 18.1. The maximum absolute atomic E-state index is 13.0. The van der Waals surface area contributed by atoms with Crippen LogP contribution in [-0.4, -0.2) is 57.3 Å². The van der Waals surface area contributed by atoms with Gasteiger partial charge in [0.15, 0.2) is 11.5 Å². The van der Waals surface area contributed by atoms with Crippen molar-refractivity contribution in [3.05, 3.63) is 48.4 Å². The number of aromatic nitrogens is 2. The highest BCUT2D eigenvalue weighted by Crippen LogP contribution is 2.41. The molecular weight excluding hydrogens is 434 g/mol. The summed E-state index contributed by atoms with van der Waals surface area (Å²) in [4.78, 5) is 4.83. The molecule has 4 rings (SSSR count). The zero-order valence-corrected chi connectivity index (χ0v) is 19.0. The minimum atomic E-state index is -3.58. The van der Waals surface area contributed by atoms with Crippen molar-refractivity contribution in [3.8, 4) is 28.6 Å². The summed E-state index contributed by atoms with van der Waals surface area (Å²) in [6, 6.07) is 11.9. The lowest BCUT2D eigenvalue weighted by Crippen LogP contribution is -2.39. The van der Waals surface area contributed by atoms with E-state index in [1.54, 1.807) is 42.5 Å². The molecule has 9 nitrogen and oxygen atoms in total. The van der Waals surface area contributed by atoms with Crippen molar-refractivity contribution in [2.75, 3.05) is 34.4 Å². The number of sulfonamides is 1. The number of nitrogens with zero attached hydrogens (tertiary/aromatic N) is 3. The van der Waals surface area contributed by atoms with Crippen molar-refractivity contribution in [1.29, 1.82) is 0 Å². The number of ether oxygens (including phenoxy) is 3. The van der Waals surface area contributed by atoms with Gasteiger partial charge >= 0.3 is 0 Å². The molecule has 1 saturated heterocycles. The van der Waals surface area contributed by atoms with Crippen LogP contribution in [0, 0.1) is 0 Å². The largest absolute Gasteiger partial charge is 0.493 e. The van der Waals surface area contributed by atoms with Crippen LogP contribution in [0.15, 0.2) is 51.9 Å². The summed E-state index contributed by atoms with van der Waals surface area (Å²) >= 11 is 0. The molecule has 2 heterocycles. The van der Waals surface area contributed by atoms with Gasteiger partial charge in [-0.15, -0.1) is 0 Å². The van der Waals surface area contributed by atoms with Gasteiger partial charge in [-0.25, -0.2) is 8.42 Å². The number of benzene rings is 2. The molecule has 0 saturated carbocycles. The first-order chi connectivity index (χ1) is 15.5. The topological polar surface area (TPSA) is 104 Å². The maximum atomic E-state index is 13.0. The molecule has 0 amide bonds. The molecule has 0 aliphatic carbocycles. The molecule has 0 spiro atoms. The summed E-state index contributed by atoms with van der Waals surface area (Å²) in [5.74, 6) is 2.00. The average Bonchev–Trinajstić information content (AvgIpc) is 3.34. The van der Waals surface area contributed by atoms with E-state index in [-0.39, 0.29) is 17.4 Å². The Hall–Kier alpha value is -3.11. The molecule has 1 atom stereocenters. The standard InChI is InChI=1S/C22H25N3O6S/c1-28-18-12-16(13-19(29-2)20(18)30-3)21-23-22(31-24-21)15-8-7-11-25(14-15)32(26,27)17-9-5-4-6-10-17/h4-6,9-10,12-13,15H,7-8,11,14H2,1-3H3. The van der Waals surface area contributed by atoms with Crippen LogP contribution in [0.2, 0.25) is 0 Å². The average molecular weight is 460 g/mol. The summed E-state index contributed by atoms with van der Waals surface area (Å²) in [6.07, 6.45) is 1.47. The van der Waals surface area contributed by atoms with Gasteiger partial charge in [-0.05, 0) is 37.1 Å². The smallest absolute Gasteiger partial charge is 0.243 e. The Kier molecular flexibility index (Phi) is 6.33. The van der Waals surface area contributed by atoms with Gasteiger partial charge in [-0.3, -0.25) is 0 Å². The number of hydrogen-bond donors (Lipinski definition) is 0. The van der Waals surface area contributed by atoms with Crippen LogP contribution in [0.4, 0.5) is 0 Å². The van der Waals surface area contributed by atoms with Crippen LogP contribution >= 0.6 is 0 Å². The predicted octanol–water partition coefficient (Wildman–Crippen LogP) is 3.33. The molecule has 1 fully saturated rings. The summed E-state index contributed by atoms with van der Waals surface area (Å²) in [5, 5.41) is 4.11. The number of hydrogen-bond acceptors (Lipinski definition) is 8. The van der Waals surface area contributed by atoms with E-state index in [9.17, 15) is 8.42 Å². The molecule has 1 aromatic heterocycles. The molecule has 1 aliphatic heterocycles. The fourth-order valence-corrected chi connectivity index (χ4v) is 5.38. The van der Waals surface area contributed by atoms with Crippen LogP contribution in [0.5, 0.6) is 17.2 Å². The van der Waals surface area contributed by atoms with Gasteiger partial charge in [-0.1, -0.05) is 23.4 Å². The van der Waals surface area contributed by atoms with Crippen LogP contribution in [0.1, 0.15) is 24.7 Å². The van der Waals surface area contributed by atoms with Crippen molar-refractivity contribution in [2.45, 2.75) is 23.7 Å². The number of rotatable bonds is 7. The molecule has 0 N–H and O–H groups in total. The van der Waals surface area contributed by atoms with Gasteiger partial charge in [0, 0.05) is 18.7 Å². The molecule has 1 aliphatic rings. The highest BCUT2D eigenvalue weighted by molar-refractivity contribution is 7.89. The lowest BCUT2D eigenvalue weighted by molar-refractivity contribution is 0.265. The molecule has 2 aromatic carbocycles. The van der Waals surface area contributed by atoms with Gasteiger partial charge in [0.2, 0.25) is 27.5 Å². The SMILES string of the molecule is COc1cc(-c2noc(C3CCCN(S(=O)(=O)c4ccccc4)C3)n2)cc(OC)c1OC. The highest BCUT2D eigenvalue weighted by atomic mass is 32.2. The molecule has 1 unspecified atom stereocenters. The van der Waals surface area contributed by atoms with E-state index < -0.39 is 10.0 Å². The second-order valence-corrected chi connectivity index (χ2v) is 9.32. The summed E-state index contributed by atoms with van der Waals surface area (Å²) in [6.45, 7) is 0.746. The zero-order chi connectivity index (χ0) is 22.7. The Balaban J connectivity index is 1.59. The molecule has 170 valence electrons. The van der Waals surface area contributed by atoms with Gasteiger partial charge in [0.1, 0.15) is 0 Å². The van der Waals surface area contributed by atoms with Crippen molar-refractivity contribution in [2.24, 2.45) is 0 Å². The second kappa shape index (κ2) is 9.17. The Morgan fingerprint density at radius 3 is 2.34 bits per heavy atom. The van der Waals surface area contributed by atoms with Gasteiger partial charge in [0.25, 0.3) is 0 Å². The van der Waals surface area contributed by atoms with E-state index in [4.69, 9.17) is 18.7 Å². The monoisotopic (exact) mass is 459 g/mol. The molecule has 32 heavy (non-hydrogen) atoms. The molecule has 10 heteroatoms.